The second-order valence-electron chi connectivity index (χ2n) is 3.40. The van der Waals surface area contributed by atoms with Gasteiger partial charge in [-0.1, -0.05) is 12.8 Å². The maximum absolute atomic E-state index is 8.83. The van der Waals surface area contributed by atoms with Crippen molar-refractivity contribution in [2.24, 2.45) is 0 Å². The molecular weight excluding hydrogens is 264 g/mol. The van der Waals surface area contributed by atoms with Crippen molar-refractivity contribution in [1.29, 1.82) is 5.26 Å². The van der Waals surface area contributed by atoms with E-state index >= 15 is 0 Å². The van der Waals surface area contributed by atoms with Gasteiger partial charge in [-0.25, -0.2) is 0 Å². The minimum absolute atomic E-state index is 0.589. The van der Waals surface area contributed by atoms with Gasteiger partial charge in [0.15, 0.2) is 0 Å². The predicted octanol–water partition coefficient (Wildman–Crippen LogP) is 3.17. The number of terminal acetylenes is 1. The number of anilines is 1. The molecule has 1 rings (SSSR count). The third kappa shape index (κ3) is 3.02. The lowest BCUT2D eigenvalue weighted by atomic mass is 10.2. The van der Waals surface area contributed by atoms with Crippen LogP contribution in [0.1, 0.15) is 18.9 Å². The van der Waals surface area contributed by atoms with Crippen molar-refractivity contribution >= 4 is 21.6 Å². The maximum Gasteiger partial charge on any atom is 0.100 e. The first-order chi connectivity index (χ1) is 7.72. The van der Waals surface area contributed by atoms with E-state index in [0.717, 1.165) is 23.1 Å². The van der Waals surface area contributed by atoms with E-state index in [-0.39, 0.29) is 0 Å². The fourth-order valence-electron chi connectivity index (χ4n) is 1.47. The molecule has 1 aromatic carbocycles. The summed E-state index contributed by atoms with van der Waals surface area (Å²) in [7, 11) is 0. The van der Waals surface area contributed by atoms with Crippen LogP contribution in [0.25, 0.3) is 0 Å². The number of hydrogen-bond acceptors (Lipinski definition) is 2. The number of nitrogens with zero attached hydrogens (tertiary/aromatic N) is 2. The number of nitriles is 1. The molecular formula is C13H13BrN2. The van der Waals surface area contributed by atoms with Gasteiger partial charge >= 0.3 is 0 Å². The van der Waals surface area contributed by atoms with Crippen LogP contribution in [0, 0.1) is 23.7 Å². The molecule has 0 unspecified atom stereocenters. The van der Waals surface area contributed by atoms with Crippen LogP contribution in [-0.2, 0) is 0 Å². The zero-order valence-electron chi connectivity index (χ0n) is 9.20. The molecule has 82 valence electrons. The normalized spacial score (nSPS) is 9.25. The lowest BCUT2D eigenvalue weighted by Crippen LogP contribution is -2.24. The van der Waals surface area contributed by atoms with Crippen LogP contribution in [-0.4, -0.2) is 13.1 Å². The Morgan fingerprint density at radius 3 is 2.75 bits per heavy atom. The van der Waals surface area contributed by atoms with Crippen LogP contribution in [0.3, 0.4) is 0 Å². The van der Waals surface area contributed by atoms with Crippen molar-refractivity contribution in [2.75, 3.05) is 18.0 Å². The standard InChI is InChI=1S/C13H13BrN2/c1-3-7-16(8-4-2)12-6-5-11(10-15)13(14)9-12/h1,5-6,9H,4,7-8H2,2H3. The highest BCUT2D eigenvalue weighted by atomic mass is 79.9. The van der Waals surface area contributed by atoms with E-state index in [2.05, 4.69) is 39.7 Å². The van der Waals surface area contributed by atoms with E-state index in [1.165, 1.54) is 0 Å². The molecule has 0 aliphatic rings. The number of benzene rings is 1. The van der Waals surface area contributed by atoms with Gasteiger partial charge in [0.1, 0.15) is 6.07 Å². The number of halogens is 1. The molecule has 3 heteroatoms. The summed E-state index contributed by atoms with van der Waals surface area (Å²) in [5.41, 5.74) is 1.69. The summed E-state index contributed by atoms with van der Waals surface area (Å²) >= 11 is 3.38. The molecule has 0 heterocycles. The summed E-state index contributed by atoms with van der Waals surface area (Å²) < 4.78 is 0.811. The summed E-state index contributed by atoms with van der Waals surface area (Å²) in [5.74, 6) is 2.64. The topological polar surface area (TPSA) is 27.0 Å². The molecule has 0 aliphatic carbocycles. The monoisotopic (exact) mass is 276 g/mol. The second kappa shape index (κ2) is 6.20. The van der Waals surface area contributed by atoms with Crippen molar-refractivity contribution in [3.8, 4) is 18.4 Å². The van der Waals surface area contributed by atoms with Gasteiger partial charge in [-0.15, -0.1) is 6.42 Å². The van der Waals surface area contributed by atoms with Crippen molar-refractivity contribution in [3.05, 3.63) is 28.2 Å². The second-order valence-corrected chi connectivity index (χ2v) is 4.26. The minimum atomic E-state index is 0.589. The third-order valence-electron chi connectivity index (χ3n) is 2.21. The van der Waals surface area contributed by atoms with Crippen LogP contribution >= 0.6 is 15.9 Å². The van der Waals surface area contributed by atoms with Crippen molar-refractivity contribution in [2.45, 2.75) is 13.3 Å². The molecule has 0 aliphatic heterocycles. The highest BCUT2D eigenvalue weighted by molar-refractivity contribution is 9.10. The lowest BCUT2D eigenvalue weighted by Gasteiger charge is -2.22. The molecule has 0 atom stereocenters. The van der Waals surface area contributed by atoms with E-state index in [9.17, 15) is 0 Å². The minimum Gasteiger partial charge on any atom is -0.360 e. The molecule has 0 radical (unpaired) electrons. The smallest absolute Gasteiger partial charge is 0.100 e. The molecule has 0 aromatic heterocycles. The Balaban J connectivity index is 2.98. The molecule has 2 nitrogen and oxygen atoms in total. The van der Waals surface area contributed by atoms with Crippen molar-refractivity contribution in [3.63, 3.8) is 0 Å². The fourth-order valence-corrected chi connectivity index (χ4v) is 1.93. The first kappa shape index (κ1) is 12.6. The quantitative estimate of drug-likeness (QED) is 0.790. The fraction of sp³-hybridized carbons (Fsp3) is 0.308. The van der Waals surface area contributed by atoms with Gasteiger partial charge in [0.2, 0.25) is 0 Å². The van der Waals surface area contributed by atoms with Crippen molar-refractivity contribution < 1.29 is 0 Å². The molecule has 0 fully saturated rings. The van der Waals surface area contributed by atoms with Gasteiger partial charge in [-0.05, 0) is 40.5 Å². The lowest BCUT2D eigenvalue weighted by molar-refractivity contribution is 0.823. The average Bonchev–Trinajstić information content (AvgIpc) is 2.28. The Morgan fingerprint density at radius 2 is 2.25 bits per heavy atom. The molecule has 0 bridgehead atoms. The van der Waals surface area contributed by atoms with Gasteiger partial charge in [-0.2, -0.15) is 5.26 Å². The van der Waals surface area contributed by atoms with Crippen LogP contribution in [0.4, 0.5) is 5.69 Å². The van der Waals surface area contributed by atoms with Crippen LogP contribution in [0.5, 0.6) is 0 Å². The van der Waals surface area contributed by atoms with Gasteiger partial charge in [-0.3, -0.25) is 0 Å². The predicted molar refractivity (Wildman–Crippen MR) is 70.2 cm³/mol. The van der Waals surface area contributed by atoms with Crippen LogP contribution < -0.4 is 4.90 Å². The highest BCUT2D eigenvalue weighted by Crippen LogP contribution is 2.23. The zero-order chi connectivity index (χ0) is 12.0. The van der Waals surface area contributed by atoms with E-state index in [1.807, 2.05) is 12.1 Å². The first-order valence-electron chi connectivity index (χ1n) is 5.11. The number of rotatable bonds is 4. The maximum atomic E-state index is 8.83. The van der Waals surface area contributed by atoms with E-state index in [0.29, 0.717) is 12.1 Å². The Labute approximate surface area is 105 Å². The van der Waals surface area contributed by atoms with Crippen LogP contribution in [0.15, 0.2) is 22.7 Å². The summed E-state index contributed by atoms with van der Waals surface area (Å²) in [6.07, 6.45) is 6.38. The van der Waals surface area contributed by atoms with Gasteiger partial charge in [0.05, 0.1) is 12.1 Å². The number of hydrogen-bond donors (Lipinski definition) is 0. The Hall–Kier alpha value is -1.45. The van der Waals surface area contributed by atoms with E-state index in [1.54, 1.807) is 6.07 Å². The Morgan fingerprint density at radius 1 is 1.50 bits per heavy atom. The molecule has 16 heavy (non-hydrogen) atoms. The highest BCUT2D eigenvalue weighted by Gasteiger charge is 2.06. The zero-order valence-corrected chi connectivity index (χ0v) is 10.8. The van der Waals surface area contributed by atoms with E-state index < -0.39 is 0 Å². The van der Waals surface area contributed by atoms with Gasteiger partial charge in [0, 0.05) is 16.7 Å². The van der Waals surface area contributed by atoms with Crippen molar-refractivity contribution in [1.82, 2.24) is 0 Å². The summed E-state index contributed by atoms with van der Waals surface area (Å²) in [4.78, 5) is 2.12. The molecule has 1 aromatic rings. The van der Waals surface area contributed by atoms with Gasteiger partial charge in [0.25, 0.3) is 0 Å². The third-order valence-corrected chi connectivity index (χ3v) is 2.87. The Bertz CT molecular complexity index is 440. The molecule has 0 amide bonds. The average molecular weight is 277 g/mol. The summed E-state index contributed by atoms with van der Waals surface area (Å²) in [6.45, 7) is 3.62. The van der Waals surface area contributed by atoms with E-state index in [4.69, 9.17) is 11.7 Å². The SMILES string of the molecule is C#CCN(CCC)c1ccc(C#N)c(Br)c1. The molecule has 0 spiro atoms. The summed E-state index contributed by atoms with van der Waals surface area (Å²) in [5, 5.41) is 8.83. The first-order valence-corrected chi connectivity index (χ1v) is 5.90. The largest absolute Gasteiger partial charge is 0.360 e. The summed E-state index contributed by atoms with van der Waals surface area (Å²) in [6, 6.07) is 7.79. The van der Waals surface area contributed by atoms with Crippen LogP contribution in [0.2, 0.25) is 0 Å². The Kier molecular flexibility index (Phi) is 4.89. The molecule has 0 saturated heterocycles. The molecule has 0 saturated carbocycles. The van der Waals surface area contributed by atoms with Gasteiger partial charge < -0.3 is 4.90 Å². The molecule has 0 N–H and O–H groups in total.